The number of carbonyl (C=O) groups is 1. The largest absolute Gasteiger partial charge is 0.384 e. The quantitative estimate of drug-likeness (QED) is 0.832. The SMILES string of the molecule is Nc1cc(SCC(=O)N2CCCCC2)ccn1. The number of carbonyl (C=O) groups excluding carboxylic acids is 1. The Kier molecular flexibility index (Phi) is 4.25. The smallest absolute Gasteiger partial charge is 0.232 e. The van der Waals surface area contributed by atoms with Crippen molar-refractivity contribution in [3.05, 3.63) is 18.3 Å². The van der Waals surface area contributed by atoms with Crippen LogP contribution < -0.4 is 5.73 Å². The number of nitrogens with two attached hydrogens (primary N) is 1. The summed E-state index contributed by atoms with van der Waals surface area (Å²) in [4.78, 5) is 18.8. The zero-order chi connectivity index (χ0) is 12.1. The van der Waals surface area contributed by atoms with Crippen LogP contribution in [0.4, 0.5) is 5.82 Å². The molecule has 1 amide bonds. The van der Waals surface area contributed by atoms with Crippen LogP contribution in [0.2, 0.25) is 0 Å². The molecule has 92 valence electrons. The van der Waals surface area contributed by atoms with E-state index in [1.54, 1.807) is 12.3 Å². The van der Waals surface area contributed by atoms with Crippen LogP contribution in [0.25, 0.3) is 0 Å². The number of piperidine rings is 1. The van der Waals surface area contributed by atoms with Crippen LogP contribution in [-0.4, -0.2) is 34.6 Å². The third kappa shape index (κ3) is 3.63. The molecule has 1 aromatic rings. The molecule has 2 rings (SSSR count). The van der Waals surface area contributed by atoms with Gasteiger partial charge in [0.05, 0.1) is 5.75 Å². The molecule has 4 nitrogen and oxygen atoms in total. The molecule has 1 saturated heterocycles. The number of aromatic nitrogens is 1. The second-order valence-corrected chi connectivity index (χ2v) is 5.20. The maximum Gasteiger partial charge on any atom is 0.232 e. The summed E-state index contributed by atoms with van der Waals surface area (Å²) in [6.45, 7) is 1.83. The molecule has 0 atom stereocenters. The fraction of sp³-hybridized carbons (Fsp3) is 0.500. The molecule has 1 aliphatic rings. The number of amides is 1. The van der Waals surface area contributed by atoms with Gasteiger partial charge in [-0.3, -0.25) is 4.79 Å². The average molecular weight is 251 g/mol. The van der Waals surface area contributed by atoms with Crippen LogP contribution in [0.3, 0.4) is 0 Å². The molecule has 0 spiro atoms. The third-order valence-corrected chi connectivity index (χ3v) is 3.80. The van der Waals surface area contributed by atoms with Crippen molar-refractivity contribution >= 4 is 23.5 Å². The van der Waals surface area contributed by atoms with Crippen LogP contribution in [0.15, 0.2) is 23.2 Å². The van der Waals surface area contributed by atoms with Gasteiger partial charge in [0.1, 0.15) is 5.82 Å². The number of anilines is 1. The van der Waals surface area contributed by atoms with Gasteiger partial charge in [0, 0.05) is 24.2 Å². The van der Waals surface area contributed by atoms with Gasteiger partial charge in [-0.05, 0) is 31.4 Å². The van der Waals surface area contributed by atoms with Crippen molar-refractivity contribution < 1.29 is 4.79 Å². The summed E-state index contributed by atoms with van der Waals surface area (Å²) in [5, 5.41) is 0. The van der Waals surface area contributed by atoms with E-state index in [1.807, 2.05) is 11.0 Å². The van der Waals surface area contributed by atoms with Crippen molar-refractivity contribution in [2.45, 2.75) is 24.2 Å². The lowest BCUT2D eigenvalue weighted by Gasteiger charge is -2.26. The molecule has 2 heterocycles. The van der Waals surface area contributed by atoms with E-state index in [1.165, 1.54) is 18.2 Å². The van der Waals surface area contributed by atoms with Gasteiger partial charge >= 0.3 is 0 Å². The Morgan fingerprint density at radius 2 is 2.18 bits per heavy atom. The van der Waals surface area contributed by atoms with Crippen LogP contribution in [-0.2, 0) is 4.79 Å². The number of likely N-dealkylation sites (tertiary alicyclic amines) is 1. The topological polar surface area (TPSA) is 59.2 Å². The van der Waals surface area contributed by atoms with Gasteiger partial charge in [0.2, 0.25) is 5.91 Å². The highest BCUT2D eigenvalue weighted by atomic mass is 32.2. The molecule has 0 saturated carbocycles. The first kappa shape index (κ1) is 12.2. The van der Waals surface area contributed by atoms with E-state index in [0.29, 0.717) is 11.6 Å². The Balaban J connectivity index is 1.83. The maximum absolute atomic E-state index is 11.9. The molecule has 17 heavy (non-hydrogen) atoms. The fourth-order valence-electron chi connectivity index (χ4n) is 1.90. The second kappa shape index (κ2) is 5.91. The van der Waals surface area contributed by atoms with Crippen molar-refractivity contribution in [3.63, 3.8) is 0 Å². The highest BCUT2D eigenvalue weighted by molar-refractivity contribution is 8.00. The predicted octanol–water partition coefficient (Wildman–Crippen LogP) is 1.77. The minimum Gasteiger partial charge on any atom is -0.384 e. The van der Waals surface area contributed by atoms with E-state index in [0.717, 1.165) is 30.8 Å². The molecular formula is C12H17N3OS. The van der Waals surface area contributed by atoms with Crippen LogP contribution in [0.1, 0.15) is 19.3 Å². The van der Waals surface area contributed by atoms with Crippen LogP contribution >= 0.6 is 11.8 Å². The molecular weight excluding hydrogens is 234 g/mol. The van der Waals surface area contributed by atoms with Crippen molar-refractivity contribution in [1.29, 1.82) is 0 Å². The first-order chi connectivity index (χ1) is 8.25. The van der Waals surface area contributed by atoms with E-state index >= 15 is 0 Å². The van der Waals surface area contributed by atoms with E-state index in [9.17, 15) is 4.79 Å². The molecule has 0 radical (unpaired) electrons. The summed E-state index contributed by atoms with van der Waals surface area (Å²) in [7, 11) is 0. The summed E-state index contributed by atoms with van der Waals surface area (Å²) in [6, 6.07) is 3.68. The lowest BCUT2D eigenvalue weighted by atomic mass is 10.1. The van der Waals surface area contributed by atoms with E-state index in [4.69, 9.17) is 5.73 Å². The zero-order valence-corrected chi connectivity index (χ0v) is 10.6. The normalized spacial score (nSPS) is 15.9. The maximum atomic E-state index is 11.9. The van der Waals surface area contributed by atoms with Gasteiger partial charge in [-0.15, -0.1) is 11.8 Å². The van der Waals surface area contributed by atoms with E-state index in [2.05, 4.69) is 4.98 Å². The first-order valence-electron chi connectivity index (χ1n) is 5.88. The number of rotatable bonds is 3. The fourth-order valence-corrected chi connectivity index (χ4v) is 2.73. The Morgan fingerprint density at radius 3 is 2.88 bits per heavy atom. The standard InChI is InChI=1S/C12H17N3OS/c13-11-8-10(4-5-14-11)17-9-12(16)15-6-2-1-3-7-15/h4-5,8H,1-3,6-7,9H2,(H2,13,14). The van der Waals surface area contributed by atoms with Crippen molar-refractivity contribution in [2.75, 3.05) is 24.6 Å². The second-order valence-electron chi connectivity index (χ2n) is 4.15. The number of nitrogens with zero attached hydrogens (tertiary/aromatic N) is 2. The number of nitrogen functional groups attached to an aromatic ring is 1. The summed E-state index contributed by atoms with van der Waals surface area (Å²) in [5.74, 6) is 1.22. The minimum absolute atomic E-state index is 0.227. The number of hydrogen-bond acceptors (Lipinski definition) is 4. The Bertz CT molecular complexity index is 391. The highest BCUT2D eigenvalue weighted by Gasteiger charge is 2.16. The summed E-state index contributed by atoms with van der Waals surface area (Å²) < 4.78 is 0. The molecule has 0 unspecified atom stereocenters. The molecule has 5 heteroatoms. The lowest BCUT2D eigenvalue weighted by Crippen LogP contribution is -2.36. The summed E-state index contributed by atoms with van der Waals surface area (Å²) >= 11 is 1.53. The zero-order valence-electron chi connectivity index (χ0n) is 9.76. The lowest BCUT2D eigenvalue weighted by molar-refractivity contribution is -0.129. The molecule has 1 fully saturated rings. The summed E-state index contributed by atoms with van der Waals surface area (Å²) in [5.41, 5.74) is 5.59. The van der Waals surface area contributed by atoms with Crippen molar-refractivity contribution in [1.82, 2.24) is 9.88 Å². The van der Waals surface area contributed by atoms with Crippen LogP contribution in [0, 0.1) is 0 Å². The molecule has 1 aliphatic heterocycles. The van der Waals surface area contributed by atoms with E-state index in [-0.39, 0.29) is 5.91 Å². The molecule has 0 aromatic carbocycles. The molecule has 0 bridgehead atoms. The number of pyridine rings is 1. The van der Waals surface area contributed by atoms with Gasteiger partial charge in [-0.25, -0.2) is 4.98 Å². The minimum atomic E-state index is 0.227. The monoisotopic (exact) mass is 251 g/mol. The van der Waals surface area contributed by atoms with Gasteiger partial charge in [0.15, 0.2) is 0 Å². The van der Waals surface area contributed by atoms with Crippen LogP contribution in [0.5, 0.6) is 0 Å². The molecule has 1 aromatic heterocycles. The third-order valence-electron chi connectivity index (χ3n) is 2.82. The molecule has 0 aliphatic carbocycles. The van der Waals surface area contributed by atoms with Gasteiger partial charge in [0.25, 0.3) is 0 Å². The van der Waals surface area contributed by atoms with E-state index < -0.39 is 0 Å². The van der Waals surface area contributed by atoms with Gasteiger partial charge < -0.3 is 10.6 Å². The number of hydrogen-bond donors (Lipinski definition) is 1. The Hall–Kier alpha value is -1.23. The first-order valence-corrected chi connectivity index (χ1v) is 6.86. The predicted molar refractivity (Wildman–Crippen MR) is 69.8 cm³/mol. The Morgan fingerprint density at radius 1 is 1.41 bits per heavy atom. The van der Waals surface area contributed by atoms with Crippen molar-refractivity contribution in [3.8, 4) is 0 Å². The van der Waals surface area contributed by atoms with Gasteiger partial charge in [-0.1, -0.05) is 0 Å². The Labute approximate surface area is 106 Å². The van der Waals surface area contributed by atoms with Gasteiger partial charge in [-0.2, -0.15) is 0 Å². The highest BCUT2D eigenvalue weighted by Crippen LogP contribution is 2.20. The number of thioether (sulfide) groups is 1. The average Bonchev–Trinajstić information content (AvgIpc) is 2.37. The molecule has 2 N–H and O–H groups in total. The van der Waals surface area contributed by atoms with Crippen molar-refractivity contribution in [2.24, 2.45) is 0 Å². The summed E-state index contributed by atoms with van der Waals surface area (Å²) in [6.07, 6.45) is 5.19.